The number of fused-ring (bicyclic) bond motifs is 3. The van der Waals surface area contributed by atoms with Crippen molar-refractivity contribution >= 4 is 35.6 Å². The number of nitrogens with one attached hydrogen (secondary N) is 1. The molecule has 6 unspecified atom stereocenters. The van der Waals surface area contributed by atoms with Crippen molar-refractivity contribution in [1.82, 2.24) is 10.2 Å². The van der Waals surface area contributed by atoms with Gasteiger partial charge in [0, 0.05) is 51.2 Å². The van der Waals surface area contributed by atoms with Gasteiger partial charge in [-0.15, -0.1) is 0 Å². The van der Waals surface area contributed by atoms with E-state index in [-0.39, 0.29) is 73.9 Å². The second kappa shape index (κ2) is 21.7. The monoisotopic (exact) mass is 952 g/mol. The first kappa shape index (κ1) is 51.5. The summed E-state index contributed by atoms with van der Waals surface area (Å²) in [5.41, 5.74) is 2.60. The number of hydrogen-bond acceptors (Lipinski definition) is 16. The number of aryl methyl sites for hydroxylation is 1. The minimum Gasteiger partial charge on any atom is -0.465 e. The molecule has 14 atom stereocenters. The Morgan fingerprint density at radius 2 is 1.69 bits per heavy atom. The van der Waals surface area contributed by atoms with Crippen molar-refractivity contribution < 1.29 is 77.6 Å². The highest BCUT2D eigenvalue weighted by Gasteiger charge is 2.56. The standard InChI is InChI=1S/C50H68N2O16/c1-25(22-65-27(3)53)33-20-37(55)50(5)21-34-30(23-63-6)15-16-31(34)26(2)41(57)44(40(33)50)68-49-43(59)45(66-28(4)54)42(58)36(67-49)24-64-19-10-8-7-9-12-29-13-11-14-32-39(29)48(62)52(47(32)61)35-17-18-38(56)51-46(35)60/h11,13-14,21,25-26,30-31,35-37,41-45,49,55,57-59H,7-10,12,15-20,22-24H2,1-6H3,(H,51,56,60)/b34-21-/t25-,26-,30-,31+,35?,36?,37+,41-,42?,43?,44-,45?,49?,50+/m1/s1. The molecule has 3 fully saturated rings. The number of amides is 4. The van der Waals surface area contributed by atoms with E-state index in [0.29, 0.717) is 37.0 Å². The topological polar surface area (TPSA) is 254 Å². The molecule has 0 aromatic heterocycles. The lowest BCUT2D eigenvalue weighted by molar-refractivity contribution is -0.318. The van der Waals surface area contributed by atoms with Gasteiger partial charge in [-0.25, -0.2) is 0 Å². The second-order valence-electron chi connectivity index (χ2n) is 19.7. The highest BCUT2D eigenvalue weighted by atomic mass is 16.7. The van der Waals surface area contributed by atoms with Crippen LogP contribution in [0.5, 0.6) is 0 Å². The van der Waals surface area contributed by atoms with Crippen LogP contribution >= 0.6 is 0 Å². The molecule has 6 aliphatic rings. The SMILES string of the molecule is COC[C@H]1CC[C@@H]2/C1=C\[C@]1(C)C(=C([C@H](C)COC(C)=O)C[C@@H]1O)[C@@H](OC1OC(COCCCCCCc3cccc4c3C(=O)N(C3CCC(=O)NC3=O)C4=O)C(O)C(OC(C)=O)C1O)[C@H](O)[C@@H]2C. The molecule has 18 nitrogen and oxygen atoms in total. The molecule has 2 saturated heterocycles. The molecule has 0 spiro atoms. The molecule has 7 rings (SSSR count). The summed E-state index contributed by atoms with van der Waals surface area (Å²) in [5.74, 6) is -4.14. The fraction of sp³-hybridized carbons (Fsp3) is 0.680. The number of ether oxygens (including phenoxy) is 6. The van der Waals surface area contributed by atoms with Crippen LogP contribution in [0.4, 0.5) is 0 Å². The third-order valence-electron chi connectivity index (χ3n) is 15.0. The quantitative estimate of drug-likeness (QED) is 0.0614. The molecule has 0 radical (unpaired) electrons. The van der Waals surface area contributed by atoms with Gasteiger partial charge in [-0.2, -0.15) is 0 Å². The summed E-state index contributed by atoms with van der Waals surface area (Å²) >= 11 is 0. The van der Waals surface area contributed by atoms with Crippen LogP contribution in [-0.4, -0.2) is 149 Å². The highest BCUT2D eigenvalue weighted by molar-refractivity contribution is 6.24. The lowest BCUT2D eigenvalue weighted by Crippen LogP contribution is -2.62. The number of methoxy groups -OCH3 is 1. The molecule has 0 bridgehead atoms. The number of benzene rings is 1. The number of aliphatic hydroxyl groups excluding tert-OH is 4. The molecule has 374 valence electrons. The van der Waals surface area contributed by atoms with Crippen LogP contribution in [0.15, 0.2) is 41.0 Å². The molecular formula is C50H68N2O16. The van der Waals surface area contributed by atoms with E-state index in [1.165, 1.54) is 6.92 Å². The Balaban J connectivity index is 1.01. The second-order valence-corrected chi connectivity index (χ2v) is 19.7. The van der Waals surface area contributed by atoms with Crippen LogP contribution in [0.3, 0.4) is 0 Å². The number of nitrogens with zero attached hydrogens (tertiary/aromatic N) is 1. The van der Waals surface area contributed by atoms with Gasteiger partial charge in [0.15, 0.2) is 12.4 Å². The van der Waals surface area contributed by atoms with Crippen molar-refractivity contribution in [3.63, 3.8) is 0 Å². The lowest BCUT2D eigenvalue weighted by Gasteiger charge is -2.46. The number of carbonyl (C=O) groups is 6. The molecule has 1 aromatic carbocycles. The average molecular weight is 953 g/mol. The number of aliphatic hydroxyl groups is 4. The van der Waals surface area contributed by atoms with E-state index in [1.807, 2.05) is 20.8 Å². The van der Waals surface area contributed by atoms with Crippen molar-refractivity contribution in [1.29, 1.82) is 0 Å². The van der Waals surface area contributed by atoms with Crippen molar-refractivity contribution in [3.05, 3.63) is 57.7 Å². The van der Waals surface area contributed by atoms with Crippen molar-refractivity contribution in [3.8, 4) is 0 Å². The first-order chi connectivity index (χ1) is 32.4. The molecule has 1 aromatic rings. The summed E-state index contributed by atoms with van der Waals surface area (Å²) < 4.78 is 35.5. The predicted octanol–water partition coefficient (Wildman–Crippen LogP) is 2.85. The van der Waals surface area contributed by atoms with Gasteiger partial charge in [-0.05, 0) is 80.9 Å². The number of carbonyl (C=O) groups excluding carboxylic acids is 6. The van der Waals surface area contributed by atoms with Gasteiger partial charge in [0.05, 0.1) is 43.2 Å². The predicted molar refractivity (Wildman–Crippen MR) is 240 cm³/mol. The summed E-state index contributed by atoms with van der Waals surface area (Å²) in [5, 5.41) is 49.8. The first-order valence-corrected chi connectivity index (χ1v) is 24.1. The van der Waals surface area contributed by atoms with E-state index >= 15 is 0 Å². The van der Waals surface area contributed by atoms with Gasteiger partial charge in [0.2, 0.25) is 11.8 Å². The number of esters is 2. The molecular weight excluding hydrogens is 885 g/mol. The molecule has 5 N–H and O–H groups in total. The maximum Gasteiger partial charge on any atom is 0.303 e. The smallest absolute Gasteiger partial charge is 0.303 e. The summed E-state index contributed by atoms with van der Waals surface area (Å²) in [6.45, 7) is 8.80. The highest BCUT2D eigenvalue weighted by Crippen LogP contribution is 2.56. The van der Waals surface area contributed by atoms with Gasteiger partial charge < -0.3 is 48.8 Å². The number of imide groups is 2. The van der Waals surface area contributed by atoms with Gasteiger partial charge in [0.1, 0.15) is 30.5 Å². The van der Waals surface area contributed by atoms with Crippen LogP contribution in [0.2, 0.25) is 0 Å². The fourth-order valence-electron chi connectivity index (χ4n) is 11.4. The third kappa shape index (κ3) is 10.4. The Bertz CT molecular complexity index is 2160. The zero-order valence-corrected chi connectivity index (χ0v) is 39.8. The van der Waals surface area contributed by atoms with Crippen LogP contribution < -0.4 is 5.32 Å². The van der Waals surface area contributed by atoms with E-state index in [0.717, 1.165) is 48.7 Å². The minimum absolute atomic E-state index is 0.0223. The van der Waals surface area contributed by atoms with E-state index in [1.54, 1.807) is 25.3 Å². The molecule has 68 heavy (non-hydrogen) atoms. The number of rotatable bonds is 18. The van der Waals surface area contributed by atoms with Gasteiger partial charge in [-0.1, -0.05) is 56.0 Å². The molecule has 18 heteroatoms. The normalized spacial score (nSPS) is 34.9. The lowest BCUT2D eigenvalue weighted by atomic mass is 9.68. The number of piperidine rings is 1. The Labute approximate surface area is 396 Å². The molecule has 3 aliphatic heterocycles. The van der Waals surface area contributed by atoms with Gasteiger partial charge in [-0.3, -0.25) is 39.0 Å². The zero-order chi connectivity index (χ0) is 49.2. The summed E-state index contributed by atoms with van der Waals surface area (Å²) in [6, 6.07) is 4.04. The van der Waals surface area contributed by atoms with E-state index in [4.69, 9.17) is 28.4 Å². The minimum atomic E-state index is -1.69. The number of hydrogen-bond donors (Lipinski definition) is 5. The van der Waals surface area contributed by atoms with Crippen LogP contribution in [0.1, 0.15) is 119 Å². The number of unbranched alkanes of at least 4 members (excludes halogenated alkanes) is 3. The van der Waals surface area contributed by atoms with Crippen LogP contribution in [0.25, 0.3) is 0 Å². The maximum absolute atomic E-state index is 13.5. The largest absolute Gasteiger partial charge is 0.465 e. The van der Waals surface area contributed by atoms with Crippen molar-refractivity contribution in [2.24, 2.45) is 29.1 Å². The Hall–Kier alpha value is -4.40. The third-order valence-corrected chi connectivity index (χ3v) is 15.0. The van der Waals surface area contributed by atoms with Crippen LogP contribution in [-0.2, 0) is 54.0 Å². The molecule has 1 saturated carbocycles. The maximum atomic E-state index is 13.5. The van der Waals surface area contributed by atoms with Crippen molar-refractivity contribution in [2.75, 3.05) is 33.5 Å². The van der Waals surface area contributed by atoms with E-state index in [2.05, 4.69) is 11.4 Å². The Morgan fingerprint density at radius 3 is 2.40 bits per heavy atom. The molecule has 4 amide bonds. The fourth-order valence-corrected chi connectivity index (χ4v) is 11.4. The zero-order valence-electron chi connectivity index (χ0n) is 39.8. The van der Waals surface area contributed by atoms with Crippen molar-refractivity contribution in [2.45, 2.75) is 154 Å². The van der Waals surface area contributed by atoms with E-state index < -0.39 is 96.0 Å². The van der Waals surface area contributed by atoms with Crippen LogP contribution in [0, 0.1) is 29.1 Å². The molecule has 3 aliphatic carbocycles. The summed E-state index contributed by atoms with van der Waals surface area (Å²) in [4.78, 5) is 76.2. The summed E-state index contributed by atoms with van der Waals surface area (Å²) in [7, 11) is 1.65. The first-order valence-electron chi connectivity index (χ1n) is 24.1. The Kier molecular flexibility index (Phi) is 16.4. The van der Waals surface area contributed by atoms with Gasteiger partial charge in [0.25, 0.3) is 11.8 Å². The Morgan fingerprint density at radius 1 is 0.941 bits per heavy atom. The average Bonchev–Trinajstić information content (AvgIpc) is 3.89. The summed E-state index contributed by atoms with van der Waals surface area (Å²) in [6.07, 6.45) is -3.28. The molecule has 3 heterocycles. The van der Waals surface area contributed by atoms with Gasteiger partial charge >= 0.3 is 11.9 Å². The van der Waals surface area contributed by atoms with E-state index in [9.17, 15) is 49.2 Å².